The molecule has 1 amide bonds. The molecule has 0 saturated carbocycles. The number of aliphatic hydroxyl groups is 1. The zero-order valence-electron chi connectivity index (χ0n) is 19.7. The second kappa shape index (κ2) is 11.0. The monoisotopic (exact) mass is 456 g/mol. The fourth-order valence-corrected chi connectivity index (χ4v) is 4.02. The molecule has 0 bridgehead atoms. The number of likely N-dealkylation sites (tertiary alicyclic amines) is 1. The van der Waals surface area contributed by atoms with Gasteiger partial charge in [0.2, 0.25) is 0 Å². The molecule has 2 aromatic rings. The van der Waals surface area contributed by atoms with E-state index in [-0.39, 0.29) is 11.3 Å². The lowest BCUT2D eigenvalue weighted by atomic mass is 9.98. The van der Waals surface area contributed by atoms with Crippen LogP contribution in [0.5, 0.6) is 11.5 Å². The van der Waals surface area contributed by atoms with Crippen LogP contribution in [0.3, 0.4) is 0 Å². The highest BCUT2D eigenvalue weighted by molar-refractivity contribution is 6.46. The highest BCUT2D eigenvalue weighted by Gasteiger charge is 2.47. The van der Waals surface area contributed by atoms with Crippen molar-refractivity contribution in [1.29, 1.82) is 0 Å². The number of ether oxygens (including phenoxy) is 2. The zero-order valence-corrected chi connectivity index (χ0v) is 19.7. The third kappa shape index (κ3) is 5.06. The number of carbonyl (C=O) groups is 2. The van der Waals surface area contributed by atoms with Gasteiger partial charge in [-0.2, -0.15) is 0 Å². The number of hydrogen-bond acceptors (Lipinski definition) is 7. The van der Waals surface area contributed by atoms with Crippen LogP contribution in [0.25, 0.3) is 5.76 Å². The minimum Gasteiger partial charge on any atom is -0.507 e. The van der Waals surface area contributed by atoms with E-state index in [2.05, 4.69) is 4.90 Å². The second-order valence-corrected chi connectivity index (χ2v) is 7.56. The first kappa shape index (κ1) is 24.4. The van der Waals surface area contributed by atoms with Crippen molar-refractivity contribution in [3.8, 4) is 11.5 Å². The van der Waals surface area contributed by atoms with Crippen LogP contribution in [0, 0.1) is 0 Å². The molecule has 1 aliphatic rings. The fourth-order valence-electron chi connectivity index (χ4n) is 4.02. The quantitative estimate of drug-likeness (QED) is 0.312. The molecule has 2 heterocycles. The highest BCUT2D eigenvalue weighted by atomic mass is 16.5. The lowest BCUT2D eigenvalue weighted by Gasteiger charge is -2.26. The summed E-state index contributed by atoms with van der Waals surface area (Å²) >= 11 is 0. The van der Waals surface area contributed by atoms with Gasteiger partial charge in [0.15, 0.2) is 0 Å². The van der Waals surface area contributed by atoms with Crippen molar-refractivity contribution in [2.45, 2.75) is 33.7 Å². The van der Waals surface area contributed by atoms with Crippen molar-refractivity contribution in [2.24, 2.45) is 0 Å². The summed E-state index contributed by atoms with van der Waals surface area (Å²) in [5.74, 6) is -0.335. The Morgan fingerprint density at radius 1 is 1.09 bits per heavy atom. The van der Waals surface area contributed by atoms with Crippen LogP contribution in [-0.2, 0) is 9.59 Å². The van der Waals surface area contributed by atoms with Crippen molar-refractivity contribution in [3.63, 3.8) is 0 Å². The fraction of sp³-hybridized carbons (Fsp3) is 0.440. The predicted octanol–water partition coefficient (Wildman–Crippen LogP) is 3.84. The maximum atomic E-state index is 13.1. The van der Waals surface area contributed by atoms with E-state index < -0.39 is 17.7 Å². The molecule has 1 aromatic carbocycles. The Morgan fingerprint density at radius 2 is 1.82 bits per heavy atom. The Hall–Kier alpha value is -3.26. The molecule has 1 unspecified atom stereocenters. The smallest absolute Gasteiger partial charge is 0.295 e. The van der Waals surface area contributed by atoms with E-state index in [4.69, 9.17) is 13.9 Å². The molecule has 8 heteroatoms. The van der Waals surface area contributed by atoms with Crippen LogP contribution in [0.1, 0.15) is 45.1 Å². The van der Waals surface area contributed by atoms with Crippen molar-refractivity contribution in [3.05, 3.63) is 53.5 Å². The molecule has 33 heavy (non-hydrogen) atoms. The largest absolute Gasteiger partial charge is 0.507 e. The molecule has 0 spiro atoms. The third-order valence-corrected chi connectivity index (χ3v) is 5.72. The topological polar surface area (TPSA) is 92.5 Å². The van der Waals surface area contributed by atoms with Gasteiger partial charge in [0.1, 0.15) is 29.1 Å². The lowest BCUT2D eigenvalue weighted by Crippen LogP contribution is -2.37. The van der Waals surface area contributed by atoms with Gasteiger partial charge in [-0.3, -0.25) is 9.59 Å². The number of nitrogens with zero attached hydrogens (tertiary/aromatic N) is 2. The van der Waals surface area contributed by atoms with Crippen molar-refractivity contribution < 1.29 is 28.6 Å². The van der Waals surface area contributed by atoms with Gasteiger partial charge in [0.25, 0.3) is 11.7 Å². The maximum absolute atomic E-state index is 13.1. The van der Waals surface area contributed by atoms with Gasteiger partial charge >= 0.3 is 0 Å². The molecular weight excluding hydrogens is 424 g/mol. The molecular formula is C25H32N2O6. The number of likely N-dealkylation sites (N-methyl/N-ethyl adjacent to an activating group) is 1. The molecule has 0 radical (unpaired) electrons. The standard InChI is InChI=1S/C25H32N2O6/c1-5-26(6-2)13-14-27-22(19-10-9-15-33-19)21(24(29)25(27)30)23(28)18-12-11-17(31-7-3)16-20(18)32-8-4/h9-12,15-16,22,28H,5-8,13-14H2,1-4H3/b23-21-. The third-order valence-electron chi connectivity index (χ3n) is 5.72. The van der Waals surface area contributed by atoms with Gasteiger partial charge in [-0.05, 0) is 51.2 Å². The zero-order chi connectivity index (χ0) is 24.0. The van der Waals surface area contributed by atoms with Crippen molar-refractivity contribution >= 4 is 17.4 Å². The maximum Gasteiger partial charge on any atom is 0.295 e. The summed E-state index contributed by atoms with van der Waals surface area (Å²) in [6.07, 6.45) is 1.49. The summed E-state index contributed by atoms with van der Waals surface area (Å²) in [5, 5.41) is 11.3. The molecule has 8 nitrogen and oxygen atoms in total. The molecule has 1 fully saturated rings. The minimum atomic E-state index is -0.823. The number of aliphatic hydroxyl groups excluding tert-OH is 1. The van der Waals surface area contributed by atoms with Gasteiger partial charge in [0, 0.05) is 19.2 Å². The molecule has 1 atom stereocenters. The summed E-state index contributed by atoms with van der Waals surface area (Å²) in [6.45, 7) is 11.2. The number of amides is 1. The molecule has 1 saturated heterocycles. The summed E-state index contributed by atoms with van der Waals surface area (Å²) in [7, 11) is 0. The van der Waals surface area contributed by atoms with Gasteiger partial charge in [-0.25, -0.2) is 0 Å². The summed E-state index contributed by atoms with van der Waals surface area (Å²) in [6, 6.07) is 7.57. The van der Waals surface area contributed by atoms with Gasteiger partial charge in [-0.1, -0.05) is 13.8 Å². The molecule has 1 aromatic heterocycles. The van der Waals surface area contributed by atoms with Gasteiger partial charge in [-0.15, -0.1) is 0 Å². The summed E-state index contributed by atoms with van der Waals surface area (Å²) < 4.78 is 16.8. The Bertz CT molecular complexity index is 994. The number of hydrogen-bond donors (Lipinski definition) is 1. The van der Waals surface area contributed by atoms with Crippen LogP contribution >= 0.6 is 0 Å². The number of rotatable bonds is 11. The first-order valence-corrected chi connectivity index (χ1v) is 11.4. The van der Waals surface area contributed by atoms with Gasteiger partial charge < -0.3 is 28.8 Å². The van der Waals surface area contributed by atoms with Gasteiger partial charge in [0.05, 0.1) is 30.6 Å². The summed E-state index contributed by atoms with van der Waals surface area (Å²) in [5.41, 5.74) is 0.304. The molecule has 1 aliphatic heterocycles. The molecule has 1 N–H and O–H groups in total. The number of furan rings is 1. The average Bonchev–Trinajstić information content (AvgIpc) is 3.42. The highest BCUT2D eigenvalue weighted by Crippen LogP contribution is 2.41. The Morgan fingerprint density at radius 3 is 2.42 bits per heavy atom. The molecule has 3 rings (SSSR count). The Kier molecular flexibility index (Phi) is 8.16. The number of carbonyl (C=O) groups excluding carboxylic acids is 2. The van der Waals surface area contributed by atoms with E-state index >= 15 is 0 Å². The van der Waals surface area contributed by atoms with Crippen molar-refractivity contribution in [2.75, 3.05) is 39.4 Å². The van der Waals surface area contributed by atoms with E-state index in [1.165, 1.54) is 11.2 Å². The first-order valence-electron chi connectivity index (χ1n) is 11.4. The number of benzene rings is 1. The lowest BCUT2D eigenvalue weighted by molar-refractivity contribution is -0.140. The molecule has 0 aliphatic carbocycles. The second-order valence-electron chi connectivity index (χ2n) is 7.56. The van der Waals surface area contributed by atoms with Crippen LogP contribution in [-0.4, -0.2) is 66.0 Å². The van der Waals surface area contributed by atoms with E-state index in [1.807, 2.05) is 27.7 Å². The Labute approximate surface area is 194 Å². The van der Waals surface area contributed by atoms with E-state index in [0.717, 1.165) is 13.1 Å². The molecule has 178 valence electrons. The SMILES string of the molecule is CCOc1ccc(/C(O)=C2/C(=O)C(=O)N(CCN(CC)CC)C2c2ccco2)c(OCC)c1. The van der Waals surface area contributed by atoms with Crippen LogP contribution < -0.4 is 9.47 Å². The number of ketones is 1. The van der Waals surface area contributed by atoms with Crippen LogP contribution in [0.2, 0.25) is 0 Å². The predicted molar refractivity (Wildman–Crippen MR) is 124 cm³/mol. The van der Waals surface area contributed by atoms with Crippen LogP contribution in [0.4, 0.5) is 0 Å². The minimum absolute atomic E-state index is 0.0143. The average molecular weight is 457 g/mol. The first-order chi connectivity index (χ1) is 16.0. The normalized spacial score (nSPS) is 17.7. The van der Waals surface area contributed by atoms with E-state index in [0.29, 0.717) is 49.1 Å². The van der Waals surface area contributed by atoms with E-state index in [9.17, 15) is 14.7 Å². The van der Waals surface area contributed by atoms with E-state index in [1.54, 1.807) is 30.3 Å². The Balaban J connectivity index is 2.09. The van der Waals surface area contributed by atoms with Crippen molar-refractivity contribution in [1.82, 2.24) is 9.80 Å². The van der Waals surface area contributed by atoms with Crippen LogP contribution in [0.15, 0.2) is 46.6 Å². The number of Topliss-reactive ketones (excluding diaryl/α,β-unsaturated/α-hetero) is 1. The summed E-state index contributed by atoms with van der Waals surface area (Å²) in [4.78, 5) is 29.8.